The van der Waals surface area contributed by atoms with Crippen molar-refractivity contribution in [2.75, 3.05) is 13.2 Å². The largest absolute Gasteiger partial charge is 0.465 e. The third-order valence-corrected chi connectivity index (χ3v) is 2.06. The van der Waals surface area contributed by atoms with Crippen molar-refractivity contribution >= 4 is 5.97 Å². The van der Waals surface area contributed by atoms with E-state index in [1.807, 2.05) is 37.3 Å². The van der Waals surface area contributed by atoms with E-state index in [0.717, 1.165) is 5.56 Å². The number of esters is 1. The Hall–Kier alpha value is -1.35. The molecule has 0 aromatic heterocycles. The first-order chi connectivity index (χ1) is 6.79. The standard InChI is InChI=1S/C11H15NO2/c1-2-14-11(13)10(8-12)9-6-4-3-5-7-9/h3-7,10H,2,8,12H2,1H3/p+1/t10-/m1/s1. The van der Waals surface area contributed by atoms with Crippen LogP contribution in [0.2, 0.25) is 0 Å². The average Bonchev–Trinajstić information content (AvgIpc) is 2.21. The highest BCUT2D eigenvalue weighted by atomic mass is 16.5. The molecule has 3 nitrogen and oxygen atoms in total. The molecule has 0 amide bonds. The third kappa shape index (κ3) is 2.57. The summed E-state index contributed by atoms with van der Waals surface area (Å²) in [5, 5.41) is 0. The van der Waals surface area contributed by atoms with Gasteiger partial charge in [0.15, 0.2) is 0 Å². The van der Waals surface area contributed by atoms with Crippen molar-refractivity contribution in [3.63, 3.8) is 0 Å². The Labute approximate surface area is 83.9 Å². The van der Waals surface area contributed by atoms with E-state index >= 15 is 0 Å². The van der Waals surface area contributed by atoms with E-state index in [2.05, 4.69) is 5.73 Å². The summed E-state index contributed by atoms with van der Waals surface area (Å²) in [5.41, 5.74) is 4.74. The number of carbonyl (C=O) groups is 1. The van der Waals surface area contributed by atoms with E-state index in [9.17, 15) is 4.79 Å². The minimum atomic E-state index is -0.226. The molecule has 1 aromatic carbocycles. The minimum absolute atomic E-state index is 0.186. The molecule has 0 bridgehead atoms. The van der Waals surface area contributed by atoms with Crippen molar-refractivity contribution < 1.29 is 15.3 Å². The summed E-state index contributed by atoms with van der Waals surface area (Å²) in [7, 11) is 0. The van der Waals surface area contributed by atoms with E-state index in [1.165, 1.54) is 0 Å². The molecule has 0 aliphatic carbocycles. The fraction of sp³-hybridized carbons (Fsp3) is 0.364. The molecular formula is C11H16NO2+. The molecule has 0 aliphatic heterocycles. The van der Waals surface area contributed by atoms with Gasteiger partial charge in [0.25, 0.3) is 0 Å². The normalized spacial score (nSPS) is 12.1. The molecule has 1 rings (SSSR count). The van der Waals surface area contributed by atoms with Crippen LogP contribution in [0.3, 0.4) is 0 Å². The smallest absolute Gasteiger partial charge is 0.319 e. The Morgan fingerprint density at radius 1 is 1.43 bits per heavy atom. The summed E-state index contributed by atoms with van der Waals surface area (Å²) in [6, 6.07) is 9.60. The van der Waals surface area contributed by atoms with Crippen LogP contribution in [0.4, 0.5) is 0 Å². The predicted octanol–water partition coefficient (Wildman–Crippen LogP) is 0.575. The third-order valence-electron chi connectivity index (χ3n) is 2.06. The zero-order valence-electron chi connectivity index (χ0n) is 8.40. The molecule has 0 unspecified atom stereocenters. The summed E-state index contributed by atoms with van der Waals surface area (Å²) in [4.78, 5) is 11.5. The molecule has 0 saturated carbocycles. The SMILES string of the molecule is CCOC(=O)[C@H](C[NH3+])c1ccccc1. The first kappa shape index (κ1) is 10.7. The first-order valence-electron chi connectivity index (χ1n) is 4.80. The molecule has 14 heavy (non-hydrogen) atoms. The maximum Gasteiger partial charge on any atom is 0.319 e. The minimum Gasteiger partial charge on any atom is -0.465 e. The molecule has 0 saturated heterocycles. The van der Waals surface area contributed by atoms with E-state index in [0.29, 0.717) is 13.2 Å². The summed E-state index contributed by atoms with van der Waals surface area (Å²) >= 11 is 0. The quantitative estimate of drug-likeness (QED) is 0.713. The lowest BCUT2D eigenvalue weighted by Crippen LogP contribution is -2.54. The number of carbonyl (C=O) groups excluding carboxylic acids is 1. The second-order valence-corrected chi connectivity index (χ2v) is 3.00. The number of benzene rings is 1. The molecule has 0 fully saturated rings. The first-order valence-corrected chi connectivity index (χ1v) is 4.80. The van der Waals surface area contributed by atoms with Gasteiger partial charge in [0, 0.05) is 0 Å². The highest BCUT2D eigenvalue weighted by Crippen LogP contribution is 2.14. The Bertz CT molecular complexity index is 285. The molecule has 0 radical (unpaired) electrons. The number of hydrogen-bond acceptors (Lipinski definition) is 2. The van der Waals surface area contributed by atoms with E-state index < -0.39 is 0 Å². The van der Waals surface area contributed by atoms with Crippen LogP contribution in [-0.4, -0.2) is 19.1 Å². The van der Waals surface area contributed by atoms with Crippen LogP contribution in [0.5, 0.6) is 0 Å². The summed E-state index contributed by atoms with van der Waals surface area (Å²) in [5.74, 6) is -0.412. The van der Waals surface area contributed by atoms with Crippen LogP contribution >= 0.6 is 0 Å². The molecule has 1 aromatic rings. The van der Waals surface area contributed by atoms with Crippen molar-refractivity contribution in [3.05, 3.63) is 35.9 Å². The second-order valence-electron chi connectivity index (χ2n) is 3.00. The maximum atomic E-state index is 11.5. The topological polar surface area (TPSA) is 53.9 Å². The Morgan fingerprint density at radius 2 is 2.07 bits per heavy atom. The van der Waals surface area contributed by atoms with Gasteiger partial charge in [-0.1, -0.05) is 30.3 Å². The van der Waals surface area contributed by atoms with Crippen LogP contribution in [0.25, 0.3) is 0 Å². The van der Waals surface area contributed by atoms with E-state index in [-0.39, 0.29) is 11.9 Å². The van der Waals surface area contributed by atoms with Gasteiger partial charge in [-0.15, -0.1) is 0 Å². The van der Waals surface area contributed by atoms with Crippen LogP contribution in [0.15, 0.2) is 30.3 Å². The van der Waals surface area contributed by atoms with E-state index in [4.69, 9.17) is 4.74 Å². The van der Waals surface area contributed by atoms with Crippen molar-refractivity contribution in [2.45, 2.75) is 12.8 Å². The molecule has 76 valence electrons. The Kier molecular flexibility index (Phi) is 4.13. The van der Waals surface area contributed by atoms with Crippen LogP contribution < -0.4 is 5.73 Å². The summed E-state index contributed by atoms with van der Waals surface area (Å²) in [6.07, 6.45) is 0. The summed E-state index contributed by atoms with van der Waals surface area (Å²) in [6.45, 7) is 2.76. The van der Waals surface area contributed by atoms with Gasteiger partial charge in [-0.25, -0.2) is 0 Å². The van der Waals surface area contributed by atoms with Crippen molar-refractivity contribution in [2.24, 2.45) is 0 Å². The van der Waals surface area contributed by atoms with Gasteiger partial charge in [0.05, 0.1) is 13.2 Å². The lowest BCUT2D eigenvalue weighted by atomic mass is 10.00. The zero-order valence-corrected chi connectivity index (χ0v) is 8.40. The number of quaternary nitrogens is 1. The number of ether oxygens (including phenoxy) is 1. The number of rotatable bonds is 4. The van der Waals surface area contributed by atoms with Gasteiger partial charge in [-0.05, 0) is 12.5 Å². The lowest BCUT2D eigenvalue weighted by Gasteiger charge is -2.11. The highest BCUT2D eigenvalue weighted by Gasteiger charge is 2.21. The van der Waals surface area contributed by atoms with Gasteiger partial charge in [0.1, 0.15) is 5.92 Å². The fourth-order valence-corrected chi connectivity index (χ4v) is 1.35. The summed E-state index contributed by atoms with van der Waals surface area (Å²) < 4.78 is 4.97. The van der Waals surface area contributed by atoms with Gasteiger partial charge in [-0.2, -0.15) is 0 Å². The van der Waals surface area contributed by atoms with Crippen molar-refractivity contribution in [1.82, 2.24) is 0 Å². The second kappa shape index (κ2) is 5.40. The average molecular weight is 194 g/mol. The fourth-order valence-electron chi connectivity index (χ4n) is 1.35. The van der Waals surface area contributed by atoms with Crippen LogP contribution in [0, 0.1) is 0 Å². The monoisotopic (exact) mass is 194 g/mol. The zero-order chi connectivity index (χ0) is 10.4. The van der Waals surface area contributed by atoms with E-state index in [1.54, 1.807) is 0 Å². The molecule has 0 heterocycles. The molecule has 0 spiro atoms. The molecule has 3 heteroatoms. The molecule has 1 atom stereocenters. The Morgan fingerprint density at radius 3 is 2.57 bits per heavy atom. The van der Waals surface area contributed by atoms with Crippen LogP contribution in [-0.2, 0) is 9.53 Å². The molecular weight excluding hydrogens is 178 g/mol. The molecule has 0 aliphatic rings. The van der Waals surface area contributed by atoms with Gasteiger partial charge in [0.2, 0.25) is 0 Å². The number of hydrogen-bond donors (Lipinski definition) is 1. The van der Waals surface area contributed by atoms with Gasteiger partial charge < -0.3 is 10.5 Å². The van der Waals surface area contributed by atoms with Crippen LogP contribution in [0.1, 0.15) is 18.4 Å². The Balaban J connectivity index is 2.77. The maximum absolute atomic E-state index is 11.5. The van der Waals surface area contributed by atoms with Crippen molar-refractivity contribution in [3.8, 4) is 0 Å². The highest BCUT2D eigenvalue weighted by molar-refractivity contribution is 5.78. The molecule has 3 N–H and O–H groups in total. The van der Waals surface area contributed by atoms with Gasteiger partial charge >= 0.3 is 5.97 Å². The van der Waals surface area contributed by atoms with Crippen molar-refractivity contribution in [1.29, 1.82) is 0 Å². The predicted molar refractivity (Wildman–Crippen MR) is 53.6 cm³/mol. The van der Waals surface area contributed by atoms with Gasteiger partial charge in [-0.3, -0.25) is 4.79 Å². The lowest BCUT2D eigenvalue weighted by molar-refractivity contribution is -0.370.